The Hall–Kier alpha value is -1.63. The van der Waals surface area contributed by atoms with Crippen molar-refractivity contribution in [2.24, 2.45) is 5.73 Å². The number of rotatable bonds is 6. The molecule has 0 aromatic carbocycles. The zero-order chi connectivity index (χ0) is 17.3. The van der Waals surface area contributed by atoms with Crippen molar-refractivity contribution in [3.05, 3.63) is 44.9 Å². The zero-order valence-electron chi connectivity index (χ0n) is 13.5. The Morgan fingerprint density at radius 1 is 1.50 bits per heavy atom. The summed E-state index contributed by atoms with van der Waals surface area (Å²) in [5.41, 5.74) is 8.77. The third kappa shape index (κ3) is 3.55. The van der Waals surface area contributed by atoms with Crippen LogP contribution in [0.1, 0.15) is 23.1 Å². The highest BCUT2D eigenvalue weighted by Gasteiger charge is 2.20. The van der Waals surface area contributed by atoms with E-state index in [0.717, 1.165) is 11.3 Å². The van der Waals surface area contributed by atoms with E-state index in [1.54, 1.807) is 17.4 Å². The Balaban J connectivity index is 1.94. The van der Waals surface area contributed by atoms with Gasteiger partial charge in [0.2, 0.25) is 0 Å². The van der Waals surface area contributed by atoms with Crippen LogP contribution < -0.4 is 11.1 Å². The molecule has 24 heavy (non-hydrogen) atoms. The topological polar surface area (TPSA) is 64.1 Å². The third-order valence-electron chi connectivity index (χ3n) is 3.98. The Bertz CT molecular complexity index is 832. The van der Waals surface area contributed by atoms with E-state index in [1.807, 2.05) is 18.4 Å². The van der Waals surface area contributed by atoms with Crippen molar-refractivity contribution in [3.8, 4) is 0 Å². The van der Waals surface area contributed by atoms with Gasteiger partial charge < -0.3 is 15.5 Å². The predicted molar refractivity (Wildman–Crippen MR) is 97.7 cm³/mol. The van der Waals surface area contributed by atoms with Crippen LogP contribution in [-0.2, 0) is 13.0 Å². The van der Waals surface area contributed by atoms with Crippen LogP contribution in [0.5, 0.6) is 0 Å². The first kappa shape index (κ1) is 17.2. The number of nitrogens with one attached hydrogen (secondary N) is 1. The fraction of sp³-hybridized carbons (Fsp3) is 0.353. The van der Waals surface area contributed by atoms with Gasteiger partial charge in [0.1, 0.15) is 22.6 Å². The van der Waals surface area contributed by atoms with Crippen LogP contribution in [0.15, 0.2) is 28.0 Å². The molecule has 2 atom stereocenters. The van der Waals surface area contributed by atoms with Crippen molar-refractivity contribution in [3.63, 3.8) is 0 Å². The number of nitrogens with zero attached hydrogens (tertiary/aromatic N) is 1. The highest BCUT2D eigenvalue weighted by Crippen LogP contribution is 2.33. The quantitative estimate of drug-likeness (QED) is 0.620. The molecule has 3 aromatic rings. The number of anilines is 1. The normalized spacial score (nSPS) is 14.0. The lowest BCUT2D eigenvalue weighted by atomic mass is 10.1. The number of nitrogens with two attached hydrogens (primary N) is 1. The third-order valence-corrected chi connectivity index (χ3v) is 5.05. The minimum absolute atomic E-state index is 0.321. The van der Waals surface area contributed by atoms with E-state index in [0.29, 0.717) is 35.0 Å². The summed E-state index contributed by atoms with van der Waals surface area (Å²) in [5.74, 6) is 0.649. The van der Waals surface area contributed by atoms with Crippen LogP contribution in [0, 0.1) is 6.92 Å². The standard InChI is InChI=1S/C17H19ClFN3OS/c1-9-14(6-12(20)10(2)19)23-17-13(7-15(18)22-16(9)17)21-8-11-4-3-5-24-11/h3-5,7,10,12H,6,8,20H2,1-2H3,(H,21,22)/t10-,12+/m0/s1. The van der Waals surface area contributed by atoms with Crippen molar-refractivity contribution in [1.82, 2.24) is 4.98 Å². The molecule has 128 valence electrons. The first-order valence-electron chi connectivity index (χ1n) is 7.70. The van der Waals surface area contributed by atoms with Crippen LogP contribution in [0.25, 0.3) is 11.1 Å². The number of halogens is 2. The number of thiophene rings is 1. The summed E-state index contributed by atoms with van der Waals surface area (Å²) in [5, 5.41) is 5.75. The van der Waals surface area contributed by atoms with Gasteiger partial charge in [0.15, 0.2) is 5.58 Å². The molecule has 0 spiro atoms. The summed E-state index contributed by atoms with van der Waals surface area (Å²) in [4.78, 5) is 5.56. The first-order chi connectivity index (χ1) is 11.5. The van der Waals surface area contributed by atoms with Crippen molar-refractivity contribution in [2.75, 3.05) is 5.32 Å². The molecule has 3 N–H and O–H groups in total. The molecule has 0 aliphatic rings. The van der Waals surface area contributed by atoms with Gasteiger partial charge in [-0.15, -0.1) is 11.3 Å². The Morgan fingerprint density at radius 3 is 2.96 bits per heavy atom. The van der Waals surface area contributed by atoms with Gasteiger partial charge in [-0.1, -0.05) is 17.7 Å². The molecular formula is C17H19ClFN3OS. The maximum absolute atomic E-state index is 13.4. The molecule has 4 nitrogen and oxygen atoms in total. The Kier molecular flexibility index (Phi) is 5.08. The molecule has 7 heteroatoms. The van der Waals surface area contributed by atoms with Crippen molar-refractivity contribution >= 4 is 39.7 Å². The molecule has 0 aliphatic carbocycles. The first-order valence-corrected chi connectivity index (χ1v) is 8.96. The second kappa shape index (κ2) is 7.09. The van der Waals surface area contributed by atoms with Crippen LogP contribution >= 0.6 is 22.9 Å². The van der Waals surface area contributed by atoms with Crippen LogP contribution in [0.3, 0.4) is 0 Å². The second-order valence-corrected chi connectivity index (χ2v) is 7.22. The molecule has 0 fully saturated rings. The number of alkyl halides is 1. The predicted octanol–water partition coefficient (Wildman–Crippen LogP) is 4.69. The maximum atomic E-state index is 13.4. The van der Waals surface area contributed by atoms with Gasteiger partial charge in [0.05, 0.1) is 5.69 Å². The molecule has 3 rings (SSSR count). The van der Waals surface area contributed by atoms with Crippen molar-refractivity contribution in [1.29, 1.82) is 0 Å². The SMILES string of the molecule is Cc1c(C[C@@H](N)[C@H](C)F)oc2c(NCc3cccs3)cc(Cl)nc12. The van der Waals surface area contributed by atoms with Gasteiger partial charge in [-0.05, 0) is 25.3 Å². The number of hydrogen-bond donors (Lipinski definition) is 2. The number of fused-ring (bicyclic) bond motifs is 1. The summed E-state index contributed by atoms with van der Waals surface area (Å²) in [6, 6.07) is 5.19. The van der Waals surface area contributed by atoms with Crippen LogP contribution in [-0.4, -0.2) is 17.2 Å². The second-order valence-electron chi connectivity index (χ2n) is 5.80. The van der Waals surface area contributed by atoms with E-state index in [2.05, 4.69) is 16.4 Å². The number of aromatic nitrogens is 1. The molecule has 0 unspecified atom stereocenters. The summed E-state index contributed by atoms with van der Waals surface area (Å²) in [6.45, 7) is 4.01. The average Bonchev–Trinajstić information content (AvgIpc) is 3.15. The number of pyridine rings is 1. The molecule has 0 radical (unpaired) electrons. The summed E-state index contributed by atoms with van der Waals surface area (Å²) in [6.07, 6.45) is -0.785. The van der Waals surface area contributed by atoms with Crippen molar-refractivity contribution in [2.45, 2.75) is 39.0 Å². The summed E-state index contributed by atoms with van der Waals surface area (Å²) < 4.78 is 19.3. The number of furan rings is 1. The fourth-order valence-electron chi connectivity index (χ4n) is 2.49. The summed E-state index contributed by atoms with van der Waals surface area (Å²) >= 11 is 7.82. The fourth-order valence-corrected chi connectivity index (χ4v) is 3.33. The van der Waals surface area contributed by atoms with Gasteiger partial charge in [-0.25, -0.2) is 9.37 Å². The lowest BCUT2D eigenvalue weighted by Gasteiger charge is -2.10. The molecular weight excluding hydrogens is 349 g/mol. The molecule has 3 heterocycles. The van der Waals surface area contributed by atoms with Crippen molar-refractivity contribution < 1.29 is 8.81 Å². The lowest BCUT2D eigenvalue weighted by Crippen LogP contribution is -2.31. The van der Waals surface area contributed by atoms with Gasteiger partial charge >= 0.3 is 0 Å². The lowest BCUT2D eigenvalue weighted by molar-refractivity contribution is 0.295. The van der Waals surface area contributed by atoms with Gasteiger partial charge in [-0.3, -0.25) is 0 Å². The molecule has 3 aromatic heterocycles. The monoisotopic (exact) mass is 367 g/mol. The van der Waals surface area contributed by atoms with Gasteiger partial charge in [0, 0.05) is 35.5 Å². The zero-order valence-corrected chi connectivity index (χ0v) is 15.0. The maximum Gasteiger partial charge on any atom is 0.176 e. The smallest absolute Gasteiger partial charge is 0.176 e. The largest absolute Gasteiger partial charge is 0.457 e. The Morgan fingerprint density at radius 2 is 2.29 bits per heavy atom. The van der Waals surface area contributed by atoms with E-state index in [9.17, 15) is 4.39 Å². The molecule has 0 bridgehead atoms. The van der Waals surface area contributed by atoms with Gasteiger partial charge in [0.25, 0.3) is 0 Å². The van der Waals surface area contributed by atoms with E-state index in [4.69, 9.17) is 21.8 Å². The summed E-state index contributed by atoms with van der Waals surface area (Å²) in [7, 11) is 0. The molecule has 0 saturated carbocycles. The Labute approximate surface area is 148 Å². The van der Waals surface area contributed by atoms with E-state index < -0.39 is 12.2 Å². The molecule has 0 saturated heterocycles. The van der Waals surface area contributed by atoms with Crippen LogP contribution in [0.4, 0.5) is 10.1 Å². The molecule has 0 amide bonds. The highest BCUT2D eigenvalue weighted by atomic mass is 35.5. The van der Waals surface area contributed by atoms with Crippen LogP contribution in [0.2, 0.25) is 5.15 Å². The number of aryl methyl sites for hydroxylation is 1. The van der Waals surface area contributed by atoms with E-state index >= 15 is 0 Å². The number of hydrogen-bond acceptors (Lipinski definition) is 5. The highest BCUT2D eigenvalue weighted by molar-refractivity contribution is 7.09. The molecule has 0 aliphatic heterocycles. The minimum atomic E-state index is -1.11. The average molecular weight is 368 g/mol. The minimum Gasteiger partial charge on any atom is -0.457 e. The van der Waals surface area contributed by atoms with E-state index in [1.165, 1.54) is 11.8 Å². The van der Waals surface area contributed by atoms with Gasteiger partial charge in [-0.2, -0.15) is 0 Å². The van der Waals surface area contributed by atoms with E-state index in [-0.39, 0.29) is 0 Å².